The van der Waals surface area contributed by atoms with E-state index in [9.17, 15) is 28.6 Å². The minimum absolute atomic E-state index is 0.00185. The lowest BCUT2D eigenvalue weighted by atomic mass is 9.73. The maximum Gasteiger partial charge on any atom is 0.387 e. The molecule has 1 heterocycles. The summed E-state index contributed by atoms with van der Waals surface area (Å²) in [5.74, 6) is -1.99. The highest BCUT2D eigenvalue weighted by Gasteiger charge is 2.69. The first-order chi connectivity index (χ1) is 19.5. The molecule has 1 aromatic carbocycles. The van der Waals surface area contributed by atoms with Gasteiger partial charge in [0.25, 0.3) is 0 Å². The quantitative estimate of drug-likeness (QED) is 0.468. The second kappa shape index (κ2) is 8.89. The Morgan fingerprint density at radius 3 is 2.66 bits per heavy atom. The number of hydrogen-bond donors (Lipinski definition) is 2. The number of aliphatic hydroxyl groups is 1. The first-order valence-corrected chi connectivity index (χ1v) is 14.0. The summed E-state index contributed by atoms with van der Waals surface area (Å²) in [5, 5.41) is 19.9. The molecule has 6 atom stereocenters. The average Bonchev–Trinajstić information content (AvgIpc) is 3.46. The fraction of sp³-hybridized carbons (Fsp3) is 0.438. The summed E-state index contributed by atoms with van der Waals surface area (Å²) in [7, 11) is 0. The topological polar surface area (TPSA) is 110 Å². The molecule has 2 N–H and O–H groups in total. The predicted octanol–water partition coefficient (Wildman–Crippen LogP) is 5.68. The van der Waals surface area contributed by atoms with Crippen LogP contribution in [0.25, 0.3) is 0 Å². The van der Waals surface area contributed by atoms with E-state index < -0.39 is 24.1 Å². The van der Waals surface area contributed by atoms with E-state index in [1.165, 1.54) is 28.9 Å². The van der Waals surface area contributed by atoms with Gasteiger partial charge in [0, 0.05) is 46.7 Å². The smallest absolute Gasteiger partial charge is 0.387 e. The predicted molar refractivity (Wildman–Crippen MR) is 143 cm³/mol. The number of Topliss-reactive ketones (excluding diaryl/α,β-unsaturated/α-hetero) is 1. The lowest BCUT2D eigenvalue weighted by molar-refractivity contribution is -0.137. The standard InChI is InChI=1S/C32H30F2N2O5/c1-31(2,40)29-35-13-17(14-36-29)15-6-7-19-21(9-15)27-22-11-18(32(27)12-23(19)32)8-16(10-25(37)38)28(39)20-4-3-5-24(26(20)22)41-30(33)34/h3-7,12-16,18,22,27,30,40H,8-11H2,1-2H3,(H,37,38)/t15?,16?,18?,22?,27-,32?/m1/s1. The van der Waals surface area contributed by atoms with Gasteiger partial charge in [-0.2, -0.15) is 8.78 Å². The number of aromatic nitrogens is 2. The van der Waals surface area contributed by atoms with Crippen molar-refractivity contribution in [1.82, 2.24) is 9.97 Å². The summed E-state index contributed by atoms with van der Waals surface area (Å²) in [4.78, 5) is 34.3. The van der Waals surface area contributed by atoms with Crippen molar-refractivity contribution in [3.05, 3.63) is 88.1 Å². The Hall–Kier alpha value is -3.72. The molecule has 2 bridgehead atoms. The van der Waals surface area contributed by atoms with Crippen LogP contribution in [-0.4, -0.2) is 38.5 Å². The number of nitrogens with zero attached hydrogens (tertiary/aromatic N) is 2. The number of ether oxygens (including phenoxy) is 1. The van der Waals surface area contributed by atoms with Crippen LogP contribution in [0.3, 0.4) is 0 Å². The number of halogens is 2. The van der Waals surface area contributed by atoms with E-state index in [4.69, 9.17) is 4.74 Å². The molecule has 7 rings (SSSR count). The molecule has 9 heteroatoms. The summed E-state index contributed by atoms with van der Waals surface area (Å²) >= 11 is 0. The number of aliphatic carboxylic acids is 1. The summed E-state index contributed by atoms with van der Waals surface area (Å²) in [6.45, 7) is 0.220. The number of rotatable bonds is 6. The van der Waals surface area contributed by atoms with Gasteiger partial charge in [-0.3, -0.25) is 9.59 Å². The molecule has 2 aromatic rings. The Kier molecular flexibility index (Phi) is 5.68. The Bertz CT molecular complexity index is 1570. The molecule has 0 aliphatic heterocycles. The number of benzene rings is 1. The van der Waals surface area contributed by atoms with Gasteiger partial charge < -0.3 is 14.9 Å². The molecule has 7 nitrogen and oxygen atoms in total. The fourth-order valence-electron chi connectivity index (χ4n) is 8.20. The molecule has 1 saturated carbocycles. The zero-order chi connectivity index (χ0) is 28.8. The number of carboxylic acids is 1. The summed E-state index contributed by atoms with van der Waals surface area (Å²) < 4.78 is 32.2. The van der Waals surface area contributed by atoms with Crippen LogP contribution in [0.5, 0.6) is 5.75 Å². The summed E-state index contributed by atoms with van der Waals surface area (Å²) in [6.07, 6.45) is 11.5. The Morgan fingerprint density at radius 2 is 1.98 bits per heavy atom. The third-order valence-corrected chi connectivity index (χ3v) is 9.77. The van der Waals surface area contributed by atoms with Crippen molar-refractivity contribution in [3.8, 4) is 5.75 Å². The number of fused-ring (bicyclic) bond motifs is 7. The number of hydrogen-bond acceptors (Lipinski definition) is 6. The molecule has 41 heavy (non-hydrogen) atoms. The number of carboxylic acid groups (broad SMARTS) is 1. The zero-order valence-electron chi connectivity index (χ0n) is 22.7. The SMILES string of the molecule is CC(C)(O)c1ncc(C2C=CC3=C(C2)[C@@H]2C4CC(CC(CC(=O)O)C(=O)c5cccc(OC(F)F)c54)C24C=C34)cn1. The largest absolute Gasteiger partial charge is 0.481 e. The van der Waals surface area contributed by atoms with E-state index in [1.54, 1.807) is 32.3 Å². The Labute approximate surface area is 235 Å². The van der Waals surface area contributed by atoms with Crippen LogP contribution in [0.4, 0.5) is 8.78 Å². The van der Waals surface area contributed by atoms with Crippen LogP contribution < -0.4 is 4.74 Å². The fourth-order valence-corrected chi connectivity index (χ4v) is 8.20. The van der Waals surface area contributed by atoms with Gasteiger partial charge in [0.15, 0.2) is 11.6 Å². The second-order valence-corrected chi connectivity index (χ2v) is 12.5. The van der Waals surface area contributed by atoms with Crippen LogP contribution in [0.1, 0.15) is 78.7 Å². The molecule has 1 fully saturated rings. The molecule has 1 spiro atoms. The molecule has 1 aromatic heterocycles. The van der Waals surface area contributed by atoms with Gasteiger partial charge in [-0.15, -0.1) is 0 Å². The van der Waals surface area contributed by atoms with Crippen molar-refractivity contribution in [2.45, 2.75) is 63.6 Å². The van der Waals surface area contributed by atoms with Crippen molar-refractivity contribution in [1.29, 1.82) is 0 Å². The van der Waals surface area contributed by atoms with Crippen molar-refractivity contribution < 1.29 is 33.3 Å². The van der Waals surface area contributed by atoms with Gasteiger partial charge in [0.1, 0.15) is 11.4 Å². The highest BCUT2D eigenvalue weighted by atomic mass is 19.3. The zero-order valence-corrected chi connectivity index (χ0v) is 22.7. The Morgan fingerprint density at radius 1 is 1.22 bits per heavy atom. The normalized spacial score (nSPS) is 31.1. The lowest BCUT2D eigenvalue weighted by Crippen LogP contribution is -2.26. The third-order valence-electron chi connectivity index (χ3n) is 9.77. The van der Waals surface area contributed by atoms with E-state index in [0.717, 1.165) is 5.56 Å². The highest BCUT2D eigenvalue weighted by molar-refractivity contribution is 6.01. The maximum atomic E-state index is 13.8. The van der Waals surface area contributed by atoms with Gasteiger partial charge in [0.05, 0.1) is 6.42 Å². The van der Waals surface area contributed by atoms with Crippen molar-refractivity contribution in [2.75, 3.05) is 0 Å². The van der Waals surface area contributed by atoms with Crippen molar-refractivity contribution >= 4 is 11.8 Å². The van der Waals surface area contributed by atoms with E-state index in [0.29, 0.717) is 36.2 Å². The van der Waals surface area contributed by atoms with Crippen LogP contribution in [-0.2, 0) is 10.4 Å². The highest BCUT2D eigenvalue weighted by Crippen LogP contribution is 2.78. The van der Waals surface area contributed by atoms with E-state index in [-0.39, 0.29) is 47.0 Å². The van der Waals surface area contributed by atoms with E-state index in [1.807, 2.05) is 0 Å². The maximum absolute atomic E-state index is 13.8. The van der Waals surface area contributed by atoms with Crippen LogP contribution in [0, 0.1) is 23.2 Å². The summed E-state index contributed by atoms with van der Waals surface area (Å²) in [5.41, 5.74) is 3.88. The van der Waals surface area contributed by atoms with Gasteiger partial charge in [-0.1, -0.05) is 35.9 Å². The third kappa shape index (κ3) is 3.92. The minimum atomic E-state index is -3.05. The average molecular weight is 561 g/mol. The van der Waals surface area contributed by atoms with Crippen molar-refractivity contribution in [2.24, 2.45) is 23.2 Å². The lowest BCUT2D eigenvalue weighted by Gasteiger charge is -2.31. The second-order valence-electron chi connectivity index (χ2n) is 12.5. The van der Waals surface area contributed by atoms with E-state index >= 15 is 0 Å². The van der Waals surface area contributed by atoms with E-state index in [2.05, 4.69) is 28.2 Å². The van der Waals surface area contributed by atoms with Crippen LogP contribution in [0.15, 0.2) is 65.5 Å². The first-order valence-electron chi connectivity index (χ1n) is 14.0. The molecule has 0 amide bonds. The minimum Gasteiger partial charge on any atom is -0.481 e. The number of allylic oxidation sites excluding steroid dienone is 6. The van der Waals surface area contributed by atoms with Crippen LogP contribution in [0.2, 0.25) is 0 Å². The van der Waals surface area contributed by atoms with Crippen LogP contribution >= 0.6 is 0 Å². The molecular formula is C32H30F2N2O5. The number of carbonyl (C=O) groups excluding carboxylic acids is 1. The van der Waals surface area contributed by atoms with Gasteiger partial charge in [-0.25, -0.2) is 9.97 Å². The molecule has 5 aliphatic rings. The van der Waals surface area contributed by atoms with Gasteiger partial charge in [-0.05, 0) is 67.7 Å². The summed E-state index contributed by atoms with van der Waals surface area (Å²) in [6, 6.07) is 4.66. The van der Waals surface area contributed by atoms with Crippen molar-refractivity contribution in [3.63, 3.8) is 0 Å². The first kappa shape index (κ1) is 26.2. The Balaban J connectivity index is 1.30. The molecule has 5 aliphatic carbocycles. The number of carbonyl (C=O) groups is 2. The number of ketones is 1. The monoisotopic (exact) mass is 560 g/mol. The molecule has 5 unspecified atom stereocenters. The molecule has 0 saturated heterocycles. The number of alkyl halides is 2. The molecule has 212 valence electrons. The van der Waals surface area contributed by atoms with Gasteiger partial charge >= 0.3 is 12.6 Å². The molecule has 0 radical (unpaired) electrons. The van der Waals surface area contributed by atoms with Gasteiger partial charge in [0.2, 0.25) is 0 Å². The molecular weight excluding hydrogens is 530 g/mol.